The summed E-state index contributed by atoms with van der Waals surface area (Å²) in [6.07, 6.45) is -5.58. The Morgan fingerprint density at radius 3 is 1.07 bits per heavy atom. The summed E-state index contributed by atoms with van der Waals surface area (Å²) in [5.74, 6) is 10.6. The zero-order valence-corrected chi connectivity index (χ0v) is 46.0. The van der Waals surface area contributed by atoms with Crippen molar-refractivity contribution in [2.75, 3.05) is 22.9 Å². The summed E-state index contributed by atoms with van der Waals surface area (Å²) in [6, 6.07) is 32.8. The maximum absolute atomic E-state index is 14.1. The molecule has 0 N–H and O–H groups in total. The summed E-state index contributed by atoms with van der Waals surface area (Å²) in [4.78, 5) is 8.53. The summed E-state index contributed by atoms with van der Waals surface area (Å²) >= 11 is 3.16. The van der Waals surface area contributed by atoms with E-state index in [1.165, 1.54) is 12.1 Å². The maximum atomic E-state index is 14.1. The van der Waals surface area contributed by atoms with Crippen molar-refractivity contribution in [1.29, 1.82) is 0 Å². The van der Waals surface area contributed by atoms with Gasteiger partial charge in [0.1, 0.15) is 0 Å². The van der Waals surface area contributed by atoms with Crippen LogP contribution in [0.5, 0.6) is 0 Å². The van der Waals surface area contributed by atoms with E-state index in [1.807, 2.05) is 72.8 Å². The van der Waals surface area contributed by atoms with Crippen molar-refractivity contribution in [3.63, 3.8) is 0 Å². The molecule has 0 saturated carbocycles. The number of halogens is 12. The number of alkyl halides is 12. The molecule has 2 aliphatic heterocycles. The van der Waals surface area contributed by atoms with Gasteiger partial charge < -0.3 is 9.80 Å². The zero-order valence-electron chi connectivity index (χ0n) is 44.3. The van der Waals surface area contributed by atoms with E-state index in [2.05, 4.69) is 59.5 Å². The minimum absolute atomic E-state index is 0.00202. The summed E-state index contributed by atoms with van der Waals surface area (Å²) < 4.78 is 169. The lowest BCUT2D eigenvalue weighted by atomic mass is 9.96. The molecule has 0 spiro atoms. The van der Waals surface area contributed by atoms with Crippen LogP contribution < -0.4 is 9.80 Å². The third-order valence-corrected chi connectivity index (χ3v) is 16.0. The molecule has 0 bridgehead atoms. The average molecular weight is 1170 g/mol. The molecule has 16 heteroatoms. The van der Waals surface area contributed by atoms with Crippen molar-refractivity contribution in [2.45, 2.75) is 110 Å². The highest BCUT2D eigenvalue weighted by Gasteiger charge is 2.38. The molecule has 0 unspecified atom stereocenters. The fourth-order valence-corrected chi connectivity index (χ4v) is 11.9. The first-order valence-electron chi connectivity index (χ1n) is 26.6. The number of hydrogen-bond donors (Lipinski definition) is 0. The van der Waals surface area contributed by atoms with Crippen LogP contribution in [-0.2, 0) is 24.7 Å². The Kier molecular flexibility index (Phi) is 18.0. The van der Waals surface area contributed by atoms with Crippen LogP contribution in [0.25, 0.3) is 24.3 Å². The maximum Gasteiger partial charge on any atom is 0.416 e. The molecule has 422 valence electrons. The van der Waals surface area contributed by atoms with E-state index in [1.54, 1.807) is 47.8 Å². The van der Waals surface area contributed by atoms with Gasteiger partial charge >= 0.3 is 24.7 Å². The van der Waals surface area contributed by atoms with Crippen LogP contribution in [0.1, 0.15) is 132 Å². The van der Waals surface area contributed by atoms with Crippen molar-refractivity contribution >= 4 is 70.6 Å². The van der Waals surface area contributed by atoms with E-state index in [4.69, 9.17) is 0 Å². The van der Waals surface area contributed by atoms with E-state index in [-0.39, 0.29) is 34.4 Å². The van der Waals surface area contributed by atoms with Crippen LogP contribution in [0, 0.1) is 23.7 Å². The normalized spacial score (nSPS) is 13.3. The molecule has 0 amide bonds. The van der Waals surface area contributed by atoms with Gasteiger partial charge in [0.15, 0.2) is 0 Å². The van der Waals surface area contributed by atoms with E-state index >= 15 is 0 Å². The third-order valence-electron chi connectivity index (χ3n) is 13.8. The standard InChI is InChI=1S/C66H52F12N2S2/c1-3-5-7-13-31-79-55-15-9-11-17-59(55)81-61-37-43(23-29-57(61)79)19-25-47-39-50(28-22-46-35-53(65(73,74)75)42-54(36-46)66(76,77)78)48(40-49(47)27-21-45-33-51(63(67,68)69)41-52(34-45)64(70,71)72)26-20-44-24-30-58-62(38-44)82-60-18-12-10-16-56(60)80(58)32-14-8-6-4-2/h9-12,15-20,23-26,29-30,33-42H,3-8,13-14,31-32H2,1-2H3/b25-19+,26-20+. The number of rotatable bonds is 14. The Labute approximate surface area is 477 Å². The van der Waals surface area contributed by atoms with Crippen LogP contribution in [0.3, 0.4) is 0 Å². The minimum atomic E-state index is -5.16. The van der Waals surface area contributed by atoms with Gasteiger partial charge in [0, 0.05) is 54.9 Å². The molecule has 9 rings (SSSR count). The van der Waals surface area contributed by atoms with Crippen LogP contribution in [0.4, 0.5) is 75.4 Å². The number of benzene rings is 7. The molecule has 2 aliphatic rings. The fraction of sp³-hybridized carbons (Fsp3) is 0.242. The van der Waals surface area contributed by atoms with E-state index < -0.39 is 58.1 Å². The van der Waals surface area contributed by atoms with Gasteiger partial charge in [0.25, 0.3) is 0 Å². The van der Waals surface area contributed by atoms with Gasteiger partial charge in [-0.15, -0.1) is 0 Å². The smallest absolute Gasteiger partial charge is 0.340 e. The number of anilines is 4. The fourth-order valence-electron chi connectivity index (χ4n) is 9.61. The van der Waals surface area contributed by atoms with Crippen molar-refractivity contribution in [3.8, 4) is 23.7 Å². The third kappa shape index (κ3) is 14.4. The average Bonchev–Trinajstić information content (AvgIpc) is 3.04. The van der Waals surface area contributed by atoms with Crippen molar-refractivity contribution in [2.24, 2.45) is 0 Å². The molecule has 0 fully saturated rings. The molecule has 0 aliphatic carbocycles. The first-order chi connectivity index (χ1) is 39.0. The zero-order chi connectivity index (χ0) is 58.4. The molecular weight excluding hydrogens is 1110 g/mol. The second kappa shape index (κ2) is 25.0. The summed E-state index contributed by atoms with van der Waals surface area (Å²) in [5, 5.41) is 0. The largest absolute Gasteiger partial charge is 0.416 e. The first-order valence-corrected chi connectivity index (χ1v) is 28.2. The van der Waals surface area contributed by atoms with E-state index in [9.17, 15) is 52.7 Å². The second-order valence-corrected chi connectivity index (χ2v) is 22.0. The predicted octanol–water partition coefficient (Wildman–Crippen LogP) is 21.3. The van der Waals surface area contributed by atoms with Gasteiger partial charge in [-0.05, 0) is 132 Å². The Morgan fingerprint density at radius 1 is 0.366 bits per heavy atom. The Balaban J connectivity index is 1.19. The van der Waals surface area contributed by atoms with Gasteiger partial charge in [-0.1, -0.05) is 160 Å². The van der Waals surface area contributed by atoms with Crippen LogP contribution >= 0.6 is 23.5 Å². The van der Waals surface area contributed by atoms with Gasteiger partial charge in [-0.3, -0.25) is 0 Å². The van der Waals surface area contributed by atoms with Crippen molar-refractivity contribution in [1.82, 2.24) is 0 Å². The SMILES string of the molecule is CCCCCCN1c2ccccc2Sc2cc(/C=C/c3cc(C#Cc4cc(C(F)(F)F)cc(C(F)(F)F)c4)c(/C=C/c4ccc5c(c4)Sc4ccccc4N5CCCCCC)cc3C#Cc3cc(C(F)(F)F)cc(C(F)(F)F)c3)ccc21. The number of para-hydroxylation sites is 2. The molecule has 82 heavy (non-hydrogen) atoms. The Bertz CT molecular complexity index is 3370. The molecule has 7 aromatic carbocycles. The molecule has 0 saturated heterocycles. The molecule has 7 aromatic rings. The van der Waals surface area contributed by atoms with Crippen molar-refractivity contribution in [3.05, 3.63) is 200 Å². The highest BCUT2D eigenvalue weighted by Crippen LogP contribution is 2.50. The summed E-state index contributed by atoms with van der Waals surface area (Å²) in [5.41, 5.74) is -1.30. The lowest BCUT2D eigenvalue weighted by Crippen LogP contribution is -2.22. The quantitative estimate of drug-likeness (QED) is 0.0463. The molecule has 0 aromatic heterocycles. The first kappa shape index (κ1) is 59.2. The van der Waals surface area contributed by atoms with Gasteiger partial charge in [-0.25, -0.2) is 0 Å². The molecule has 0 atom stereocenters. The lowest BCUT2D eigenvalue weighted by molar-refractivity contribution is -0.144. The van der Waals surface area contributed by atoms with Crippen LogP contribution in [0.2, 0.25) is 0 Å². The van der Waals surface area contributed by atoms with Gasteiger partial charge in [0.2, 0.25) is 0 Å². The van der Waals surface area contributed by atoms with E-state index in [0.717, 1.165) is 107 Å². The minimum Gasteiger partial charge on any atom is -0.340 e. The molecule has 0 radical (unpaired) electrons. The highest BCUT2D eigenvalue weighted by atomic mass is 32.2. The summed E-state index contributed by atoms with van der Waals surface area (Å²) in [6.45, 7) is 5.84. The Morgan fingerprint density at radius 2 is 0.720 bits per heavy atom. The van der Waals surface area contributed by atoms with Gasteiger partial charge in [0.05, 0.1) is 45.0 Å². The molecular formula is C66H52F12N2S2. The molecule has 2 nitrogen and oxygen atoms in total. The lowest BCUT2D eigenvalue weighted by Gasteiger charge is -2.33. The summed E-state index contributed by atoms with van der Waals surface area (Å²) in [7, 11) is 0. The number of fused-ring (bicyclic) bond motifs is 4. The number of unbranched alkanes of at least 4 members (excludes halogenated alkanes) is 6. The molecule has 2 heterocycles. The second-order valence-electron chi connectivity index (χ2n) is 19.8. The highest BCUT2D eigenvalue weighted by molar-refractivity contribution is 8.00. The topological polar surface area (TPSA) is 6.48 Å². The number of hydrogen-bond acceptors (Lipinski definition) is 4. The predicted molar refractivity (Wildman–Crippen MR) is 305 cm³/mol. The monoisotopic (exact) mass is 1160 g/mol. The number of nitrogens with zero attached hydrogens (tertiary/aromatic N) is 2. The van der Waals surface area contributed by atoms with E-state index in [0.29, 0.717) is 35.4 Å². The van der Waals surface area contributed by atoms with Crippen LogP contribution in [-0.4, -0.2) is 13.1 Å². The van der Waals surface area contributed by atoms with Crippen LogP contribution in [0.15, 0.2) is 153 Å². The Hall–Kier alpha value is -7.40. The van der Waals surface area contributed by atoms with Gasteiger partial charge in [-0.2, -0.15) is 52.7 Å². The van der Waals surface area contributed by atoms with Crippen molar-refractivity contribution < 1.29 is 52.7 Å².